The molecular formula is C22H19NO5. The summed E-state index contributed by atoms with van der Waals surface area (Å²) in [6.45, 7) is 1.66. The molecule has 2 aromatic heterocycles. The third-order valence-electron chi connectivity index (χ3n) is 4.68. The van der Waals surface area contributed by atoms with Crippen LogP contribution in [0.4, 0.5) is 0 Å². The van der Waals surface area contributed by atoms with E-state index in [0.29, 0.717) is 16.7 Å². The zero-order chi connectivity index (χ0) is 19.7. The number of hydrogen-bond acceptors (Lipinski definition) is 5. The number of H-pyrrole nitrogens is 1. The van der Waals surface area contributed by atoms with Crippen LogP contribution in [0.2, 0.25) is 0 Å². The normalized spacial score (nSPS) is 11.2. The summed E-state index contributed by atoms with van der Waals surface area (Å²) in [5, 5.41) is 1.60. The van der Waals surface area contributed by atoms with Crippen molar-refractivity contribution in [2.75, 3.05) is 13.7 Å². The van der Waals surface area contributed by atoms with E-state index in [2.05, 4.69) is 4.98 Å². The molecule has 6 nitrogen and oxygen atoms in total. The van der Waals surface area contributed by atoms with Crippen LogP contribution in [0.3, 0.4) is 0 Å². The van der Waals surface area contributed by atoms with E-state index in [1.807, 2.05) is 49.4 Å². The van der Waals surface area contributed by atoms with Gasteiger partial charge in [0, 0.05) is 40.2 Å². The SMILES string of the molecule is COCc1c(C(=O)OCC(=O)c2c(C)[nH]c3ccccc23)oc2ccccc12. The minimum Gasteiger partial charge on any atom is -0.451 e. The van der Waals surface area contributed by atoms with Gasteiger partial charge < -0.3 is 18.9 Å². The molecule has 0 atom stereocenters. The van der Waals surface area contributed by atoms with Crippen molar-refractivity contribution in [3.63, 3.8) is 0 Å². The summed E-state index contributed by atoms with van der Waals surface area (Å²) in [5.41, 5.74) is 3.32. The number of benzene rings is 2. The maximum Gasteiger partial charge on any atom is 0.375 e. The molecule has 4 aromatic rings. The second kappa shape index (κ2) is 7.32. The highest BCUT2D eigenvalue weighted by molar-refractivity contribution is 6.10. The molecule has 0 fully saturated rings. The number of methoxy groups -OCH3 is 1. The lowest BCUT2D eigenvalue weighted by Gasteiger charge is -2.05. The Balaban J connectivity index is 1.58. The molecule has 0 unspecified atom stereocenters. The molecule has 2 aromatic carbocycles. The maximum absolute atomic E-state index is 12.7. The highest BCUT2D eigenvalue weighted by Gasteiger charge is 2.24. The van der Waals surface area contributed by atoms with Gasteiger partial charge in [-0.25, -0.2) is 4.79 Å². The fourth-order valence-electron chi connectivity index (χ4n) is 3.46. The first kappa shape index (κ1) is 18.0. The lowest BCUT2D eigenvalue weighted by molar-refractivity contribution is 0.0441. The van der Waals surface area contributed by atoms with E-state index in [0.717, 1.165) is 22.0 Å². The van der Waals surface area contributed by atoms with Gasteiger partial charge in [0.1, 0.15) is 5.58 Å². The molecule has 4 rings (SSSR count). The van der Waals surface area contributed by atoms with Crippen LogP contribution in [0.1, 0.15) is 32.2 Å². The highest BCUT2D eigenvalue weighted by atomic mass is 16.5. The number of hydrogen-bond donors (Lipinski definition) is 1. The topological polar surface area (TPSA) is 81.5 Å². The standard InChI is InChI=1S/C22H19NO5/c1-13-20(15-8-3-5-9-17(15)23-13)18(24)12-27-22(25)21-16(11-26-2)14-7-4-6-10-19(14)28-21/h3-10,23H,11-12H2,1-2H3. The minimum absolute atomic E-state index is 0.0616. The van der Waals surface area contributed by atoms with E-state index in [1.54, 1.807) is 13.2 Å². The van der Waals surface area contributed by atoms with Gasteiger partial charge in [0.2, 0.25) is 11.5 Å². The Bertz CT molecular complexity index is 1180. The summed E-state index contributed by atoms with van der Waals surface area (Å²) in [6.07, 6.45) is 0. The molecule has 0 bridgehead atoms. The summed E-state index contributed by atoms with van der Waals surface area (Å²) < 4.78 is 16.1. The molecule has 0 spiro atoms. The van der Waals surface area contributed by atoms with Crippen molar-refractivity contribution in [3.8, 4) is 0 Å². The summed E-state index contributed by atoms with van der Waals surface area (Å²) in [4.78, 5) is 28.5. The smallest absolute Gasteiger partial charge is 0.375 e. The number of aromatic nitrogens is 1. The Morgan fingerprint density at radius 3 is 2.54 bits per heavy atom. The van der Waals surface area contributed by atoms with E-state index in [4.69, 9.17) is 13.9 Å². The molecule has 0 aliphatic carbocycles. The summed E-state index contributed by atoms with van der Waals surface area (Å²) in [7, 11) is 1.54. The Morgan fingerprint density at radius 2 is 1.75 bits per heavy atom. The number of Topliss-reactive ketones (excluding diaryl/α,β-unsaturated/α-hetero) is 1. The molecule has 0 amide bonds. The van der Waals surface area contributed by atoms with Crippen molar-refractivity contribution in [1.82, 2.24) is 4.98 Å². The zero-order valence-corrected chi connectivity index (χ0v) is 15.6. The molecule has 0 radical (unpaired) electrons. The van der Waals surface area contributed by atoms with Gasteiger partial charge in [-0.1, -0.05) is 36.4 Å². The van der Waals surface area contributed by atoms with Crippen molar-refractivity contribution in [1.29, 1.82) is 0 Å². The maximum atomic E-state index is 12.7. The second-order valence-electron chi connectivity index (χ2n) is 6.51. The number of nitrogens with one attached hydrogen (secondary N) is 1. The van der Waals surface area contributed by atoms with Crippen LogP contribution >= 0.6 is 0 Å². The molecule has 0 aliphatic heterocycles. The van der Waals surface area contributed by atoms with E-state index in [9.17, 15) is 9.59 Å². The first-order valence-electron chi connectivity index (χ1n) is 8.87. The molecule has 0 aliphatic rings. The molecule has 28 heavy (non-hydrogen) atoms. The van der Waals surface area contributed by atoms with Gasteiger partial charge in [0.05, 0.1) is 6.61 Å². The fraction of sp³-hybridized carbons (Fsp3) is 0.182. The first-order valence-corrected chi connectivity index (χ1v) is 8.87. The van der Waals surface area contributed by atoms with Crippen LogP contribution < -0.4 is 0 Å². The Hall–Kier alpha value is -3.38. The largest absolute Gasteiger partial charge is 0.451 e. The Labute approximate surface area is 161 Å². The van der Waals surface area contributed by atoms with Crippen molar-refractivity contribution in [2.45, 2.75) is 13.5 Å². The van der Waals surface area contributed by atoms with Crippen LogP contribution in [0.25, 0.3) is 21.9 Å². The number of esters is 1. The molecule has 2 heterocycles. The monoisotopic (exact) mass is 377 g/mol. The van der Waals surface area contributed by atoms with Crippen LogP contribution in [0.15, 0.2) is 52.9 Å². The summed E-state index contributed by atoms with van der Waals surface area (Å²) >= 11 is 0. The predicted molar refractivity (Wildman–Crippen MR) is 105 cm³/mol. The van der Waals surface area contributed by atoms with Crippen molar-refractivity contribution in [2.24, 2.45) is 0 Å². The molecule has 6 heteroatoms. The van der Waals surface area contributed by atoms with Gasteiger partial charge >= 0.3 is 5.97 Å². The quantitative estimate of drug-likeness (QED) is 0.398. The number of furan rings is 1. The van der Waals surface area contributed by atoms with E-state index >= 15 is 0 Å². The molecule has 0 saturated heterocycles. The van der Waals surface area contributed by atoms with Gasteiger partial charge in [0.25, 0.3) is 0 Å². The van der Waals surface area contributed by atoms with E-state index in [-0.39, 0.29) is 24.8 Å². The number of rotatable bonds is 6. The molecule has 1 N–H and O–H groups in total. The second-order valence-corrected chi connectivity index (χ2v) is 6.51. The summed E-state index contributed by atoms with van der Waals surface area (Å²) in [6, 6.07) is 14.8. The fourth-order valence-corrected chi connectivity index (χ4v) is 3.46. The van der Waals surface area contributed by atoms with Crippen molar-refractivity contribution < 1.29 is 23.5 Å². The Kier molecular flexibility index (Phi) is 4.71. The summed E-state index contributed by atoms with van der Waals surface area (Å²) in [5.74, 6) is -0.895. The van der Waals surface area contributed by atoms with Crippen molar-refractivity contribution >= 4 is 33.6 Å². The molecule has 0 saturated carbocycles. The highest BCUT2D eigenvalue weighted by Crippen LogP contribution is 2.27. The lowest BCUT2D eigenvalue weighted by Crippen LogP contribution is -2.15. The Morgan fingerprint density at radius 1 is 1.04 bits per heavy atom. The minimum atomic E-state index is -0.686. The van der Waals surface area contributed by atoms with Crippen LogP contribution in [-0.4, -0.2) is 30.5 Å². The number of ether oxygens (including phenoxy) is 2. The van der Waals surface area contributed by atoms with Crippen molar-refractivity contribution in [3.05, 3.63) is 71.1 Å². The number of aromatic amines is 1. The average molecular weight is 377 g/mol. The number of para-hydroxylation sites is 2. The number of carbonyl (C=O) groups is 2. The van der Waals surface area contributed by atoms with Gasteiger partial charge in [-0.2, -0.15) is 0 Å². The number of fused-ring (bicyclic) bond motifs is 2. The van der Waals surface area contributed by atoms with Crippen LogP contribution in [0.5, 0.6) is 0 Å². The third kappa shape index (κ3) is 3.08. The van der Waals surface area contributed by atoms with Crippen LogP contribution in [-0.2, 0) is 16.1 Å². The van der Waals surface area contributed by atoms with Gasteiger partial charge in [-0.3, -0.25) is 4.79 Å². The first-order chi connectivity index (χ1) is 13.6. The van der Waals surface area contributed by atoms with Crippen LogP contribution in [0, 0.1) is 6.92 Å². The van der Waals surface area contributed by atoms with Gasteiger partial charge in [0.15, 0.2) is 6.61 Å². The molecule has 142 valence electrons. The zero-order valence-electron chi connectivity index (χ0n) is 15.6. The number of carbonyl (C=O) groups excluding carboxylic acids is 2. The van der Waals surface area contributed by atoms with E-state index in [1.165, 1.54) is 0 Å². The number of ketones is 1. The molecular weight excluding hydrogens is 358 g/mol. The average Bonchev–Trinajstić information content (AvgIpc) is 3.23. The van der Waals surface area contributed by atoms with E-state index < -0.39 is 5.97 Å². The number of aryl methyl sites for hydroxylation is 1. The van der Waals surface area contributed by atoms with Gasteiger partial charge in [-0.05, 0) is 19.1 Å². The third-order valence-corrected chi connectivity index (χ3v) is 4.68. The lowest BCUT2D eigenvalue weighted by atomic mass is 10.1. The predicted octanol–water partition coefficient (Wildman–Crippen LogP) is 4.41. The van der Waals surface area contributed by atoms with Gasteiger partial charge in [-0.15, -0.1) is 0 Å².